The van der Waals surface area contributed by atoms with E-state index >= 15 is 0 Å². The van der Waals surface area contributed by atoms with E-state index in [2.05, 4.69) is 27.1 Å². The van der Waals surface area contributed by atoms with Crippen molar-refractivity contribution >= 4 is 28.8 Å². The van der Waals surface area contributed by atoms with Crippen molar-refractivity contribution in [1.29, 1.82) is 0 Å². The molecule has 0 aliphatic heterocycles. The van der Waals surface area contributed by atoms with Crippen molar-refractivity contribution in [1.82, 2.24) is 19.8 Å². The Morgan fingerprint density at radius 1 is 1.15 bits per heavy atom. The lowest BCUT2D eigenvalue weighted by molar-refractivity contribution is -0.114. The number of hydrogen-bond donors (Lipinski definition) is 3. The van der Waals surface area contributed by atoms with E-state index < -0.39 is 17.6 Å². The lowest BCUT2D eigenvalue weighted by Gasteiger charge is -2.10. The van der Waals surface area contributed by atoms with Crippen molar-refractivity contribution in [2.45, 2.75) is 0 Å². The number of rotatable bonds is 6. The first-order valence-corrected chi connectivity index (χ1v) is 9.54. The largest absolute Gasteiger partial charge is 0.496 e. The molecule has 0 saturated carbocycles. The summed E-state index contributed by atoms with van der Waals surface area (Å²) in [5.74, 6) is -2.17. The molecule has 4 aromatic rings. The van der Waals surface area contributed by atoms with Gasteiger partial charge in [-0.2, -0.15) is 0 Å². The first-order valence-electron chi connectivity index (χ1n) is 9.54. The number of nitrogens with two attached hydrogens (primary N) is 2. The average Bonchev–Trinajstić information content (AvgIpc) is 3.20. The van der Waals surface area contributed by atoms with Crippen LogP contribution in [0, 0.1) is 0 Å². The molecule has 2 aromatic heterocycles. The third kappa shape index (κ3) is 3.94. The van der Waals surface area contributed by atoms with E-state index in [-0.39, 0.29) is 17.1 Å². The summed E-state index contributed by atoms with van der Waals surface area (Å²) in [5.41, 5.74) is 15.0. The van der Waals surface area contributed by atoms with E-state index in [4.69, 9.17) is 16.2 Å². The molecule has 33 heavy (non-hydrogen) atoms. The first-order chi connectivity index (χ1) is 15.8. The van der Waals surface area contributed by atoms with Gasteiger partial charge in [-0.1, -0.05) is 24.8 Å². The van der Waals surface area contributed by atoms with Gasteiger partial charge in [-0.05, 0) is 29.8 Å². The summed E-state index contributed by atoms with van der Waals surface area (Å²) in [6, 6.07) is 11.5. The third-order valence-electron chi connectivity index (χ3n) is 4.89. The molecule has 4 rings (SSSR count). The zero-order chi connectivity index (χ0) is 23.7. The second kappa shape index (κ2) is 8.38. The van der Waals surface area contributed by atoms with Crippen LogP contribution in [0.4, 0.5) is 15.9 Å². The molecular weight excluding hydrogens is 429 g/mol. The van der Waals surface area contributed by atoms with Crippen molar-refractivity contribution in [2.24, 2.45) is 5.73 Å². The third-order valence-corrected chi connectivity index (χ3v) is 4.89. The number of ether oxygens (including phenoxy) is 1. The van der Waals surface area contributed by atoms with Crippen LogP contribution >= 0.6 is 0 Å². The number of aromatic nitrogens is 4. The maximum atomic E-state index is 13.0. The molecule has 0 bridgehead atoms. The molecule has 0 aliphatic rings. The highest BCUT2D eigenvalue weighted by atomic mass is 19.1. The van der Waals surface area contributed by atoms with Crippen LogP contribution in [0.25, 0.3) is 27.9 Å². The van der Waals surface area contributed by atoms with Crippen LogP contribution in [0.2, 0.25) is 0 Å². The number of carbonyl (C=O) groups is 2. The van der Waals surface area contributed by atoms with Gasteiger partial charge in [-0.3, -0.25) is 9.59 Å². The molecule has 2 aromatic carbocycles. The first kappa shape index (κ1) is 21.4. The van der Waals surface area contributed by atoms with E-state index in [1.54, 1.807) is 42.5 Å². The van der Waals surface area contributed by atoms with Gasteiger partial charge in [0, 0.05) is 16.8 Å². The van der Waals surface area contributed by atoms with Gasteiger partial charge in [-0.15, -0.1) is 14.8 Å². The number of nitrogens with one attached hydrogen (secondary N) is 1. The zero-order valence-electron chi connectivity index (χ0n) is 17.4. The number of hydrogen-bond acceptors (Lipinski definition) is 7. The Kier molecular flexibility index (Phi) is 5.44. The average molecular weight is 447 g/mol. The van der Waals surface area contributed by atoms with Crippen molar-refractivity contribution in [3.63, 3.8) is 0 Å². The molecule has 0 atom stereocenters. The summed E-state index contributed by atoms with van der Waals surface area (Å²) in [6.07, 6.45) is 1.28. The van der Waals surface area contributed by atoms with Gasteiger partial charge in [0.15, 0.2) is 11.6 Å². The van der Waals surface area contributed by atoms with Gasteiger partial charge in [-0.25, -0.2) is 9.37 Å². The second-order valence-electron chi connectivity index (χ2n) is 6.92. The summed E-state index contributed by atoms with van der Waals surface area (Å²) in [6.45, 7) is 2.97. The van der Waals surface area contributed by atoms with Crippen LogP contribution in [-0.4, -0.2) is 38.7 Å². The fourth-order valence-corrected chi connectivity index (χ4v) is 3.36. The predicted molar refractivity (Wildman–Crippen MR) is 120 cm³/mol. The van der Waals surface area contributed by atoms with E-state index in [1.165, 1.54) is 18.1 Å². The standard InChI is InChI=1S/C22H18FN7O3/c1-11(23)22(32)28-14-6-3-12(4-7-14)18-17(19-20(24)26-10-27-30(19)29-18)13-5-8-15(21(25)31)16(9-13)33-2/h3-10H,1H2,2H3,(H2,25,31)(H,28,32)(H2,24,26,27). The molecule has 0 spiro atoms. The molecule has 10 nitrogen and oxygen atoms in total. The molecule has 0 saturated heterocycles. The van der Waals surface area contributed by atoms with Crippen LogP contribution in [0.5, 0.6) is 5.75 Å². The number of carbonyl (C=O) groups excluding carboxylic acids is 2. The van der Waals surface area contributed by atoms with Crippen molar-refractivity contribution in [2.75, 3.05) is 18.2 Å². The Labute approximate surface area is 186 Å². The predicted octanol–water partition coefficient (Wildman–Crippen LogP) is 2.57. The highest BCUT2D eigenvalue weighted by Gasteiger charge is 2.21. The quantitative estimate of drug-likeness (QED) is 0.384. The monoisotopic (exact) mass is 447 g/mol. The summed E-state index contributed by atoms with van der Waals surface area (Å²) in [4.78, 5) is 27.3. The number of amides is 2. The number of anilines is 2. The van der Waals surface area contributed by atoms with Crippen molar-refractivity contribution in [3.05, 3.63) is 66.8 Å². The fourth-order valence-electron chi connectivity index (χ4n) is 3.36. The minimum Gasteiger partial charge on any atom is -0.496 e. The van der Waals surface area contributed by atoms with Crippen LogP contribution in [0.3, 0.4) is 0 Å². The Morgan fingerprint density at radius 2 is 1.85 bits per heavy atom. The van der Waals surface area contributed by atoms with Gasteiger partial charge >= 0.3 is 0 Å². The Hall–Kier alpha value is -4.80. The molecule has 0 unspecified atom stereocenters. The molecule has 11 heteroatoms. The number of halogens is 1. The number of nitrogen functional groups attached to an aromatic ring is 1. The zero-order valence-corrected chi connectivity index (χ0v) is 17.4. The van der Waals surface area contributed by atoms with Crippen LogP contribution < -0.4 is 21.5 Å². The maximum Gasteiger partial charge on any atom is 0.283 e. The van der Waals surface area contributed by atoms with Gasteiger partial charge in [0.2, 0.25) is 0 Å². The summed E-state index contributed by atoms with van der Waals surface area (Å²) in [7, 11) is 1.43. The fraction of sp³-hybridized carbons (Fsp3) is 0.0455. The van der Waals surface area contributed by atoms with E-state index in [0.29, 0.717) is 33.6 Å². The highest BCUT2D eigenvalue weighted by molar-refractivity contribution is 6.02. The molecule has 2 heterocycles. The van der Waals surface area contributed by atoms with Gasteiger partial charge < -0.3 is 21.5 Å². The molecule has 166 valence electrons. The van der Waals surface area contributed by atoms with Crippen molar-refractivity contribution in [3.8, 4) is 28.1 Å². The summed E-state index contributed by atoms with van der Waals surface area (Å²) < 4.78 is 19.7. The molecule has 5 N–H and O–H groups in total. The maximum absolute atomic E-state index is 13.0. The van der Waals surface area contributed by atoms with Crippen molar-refractivity contribution < 1.29 is 18.7 Å². The Bertz CT molecular complexity index is 1410. The minimum atomic E-state index is -1.09. The number of methoxy groups -OCH3 is 1. The number of fused-ring (bicyclic) bond motifs is 1. The Morgan fingerprint density at radius 3 is 2.48 bits per heavy atom. The second-order valence-corrected chi connectivity index (χ2v) is 6.92. The summed E-state index contributed by atoms with van der Waals surface area (Å²) in [5, 5.41) is 11.1. The highest BCUT2D eigenvalue weighted by Crippen LogP contribution is 2.38. The molecule has 0 aliphatic carbocycles. The number of nitrogens with zero attached hydrogens (tertiary/aromatic N) is 4. The molecule has 0 radical (unpaired) electrons. The van der Waals surface area contributed by atoms with Crippen LogP contribution in [0.15, 0.2) is 61.2 Å². The number of primary amides is 1. The van der Waals surface area contributed by atoms with Gasteiger partial charge in [0.1, 0.15) is 23.3 Å². The normalized spacial score (nSPS) is 10.7. The smallest absolute Gasteiger partial charge is 0.283 e. The van der Waals surface area contributed by atoms with Gasteiger partial charge in [0.25, 0.3) is 11.8 Å². The topological polar surface area (TPSA) is 151 Å². The summed E-state index contributed by atoms with van der Waals surface area (Å²) >= 11 is 0. The van der Waals surface area contributed by atoms with Gasteiger partial charge in [0.05, 0.1) is 12.7 Å². The minimum absolute atomic E-state index is 0.196. The SMILES string of the molecule is C=C(F)C(=O)Nc1ccc(-c2nn3ncnc(N)c3c2-c2ccc(C(N)=O)c(OC)c2)cc1. The molecule has 0 fully saturated rings. The van der Waals surface area contributed by atoms with E-state index in [0.717, 1.165) is 0 Å². The molecule has 2 amide bonds. The van der Waals surface area contributed by atoms with E-state index in [1.807, 2.05) is 0 Å². The van der Waals surface area contributed by atoms with Crippen LogP contribution in [-0.2, 0) is 4.79 Å². The van der Waals surface area contributed by atoms with E-state index in [9.17, 15) is 14.0 Å². The lowest BCUT2D eigenvalue weighted by Crippen LogP contribution is -2.12. The van der Waals surface area contributed by atoms with Crippen LogP contribution in [0.1, 0.15) is 10.4 Å². The molecular formula is C22H18FN7O3. The number of benzene rings is 2. The Balaban J connectivity index is 1.88. The lowest BCUT2D eigenvalue weighted by atomic mass is 9.98.